The average Bonchev–Trinajstić information content (AvgIpc) is 3.48. The average molecular weight is 466 g/mol. The maximum absolute atomic E-state index is 13.1. The number of carbonyl (C=O) groups excluding carboxylic acids is 3. The summed E-state index contributed by atoms with van der Waals surface area (Å²) >= 11 is 0. The molecule has 0 unspecified atom stereocenters. The van der Waals surface area contributed by atoms with Gasteiger partial charge in [0.1, 0.15) is 5.75 Å². The molecule has 3 aromatic carbocycles. The molecule has 0 saturated carbocycles. The first-order valence-electron chi connectivity index (χ1n) is 11.0. The van der Waals surface area contributed by atoms with Gasteiger partial charge in [0.2, 0.25) is 0 Å². The minimum Gasteiger partial charge on any atom is -0.496 e. The number of imide groups is 1. The number of methoxy groups -OCH3 is 1. The van der Waals surface area contributed by atoms with Crippen LogP contribution in [-0.4, -0.2) is 39.5 Å². The summed E-state index contributed by atoms with van der Waals surface area (Å²) in [6.45, 7) is 0.688. The highest BCUT2D eigenvalue weighted by molar-refractivity contribution is 6.21. The number of hydrogen-bond donors (Lipinski definition) is 1. The second-order valence-electron chi connectivity index (χ2n) is 8.13. The third-order valence-electron chi connectivity index (χ3n) is 5.84. The van der Waals surface area contributed by atoms with Crippen LogP contribution in [0.3, 0.4) is 0 Å². The Kier molecular flexibility index (Phi) is 5.85. The third-order valence-corrected chi connectivity index (χ3v) is 5.84. The zero-order chi connectivity index (χ0) is 24.4. The zero-order valence-corrected chi connectivity index (χ0v) is 19.0. The quantitative estimate of drug-likeness (QED) is 0.416. The largest absolute Gasteiger partial charge is 0.496 e. The molecule has 0 radical (unpaired) electrons. The van der Waals surface area contributed by atoms with Crippen molar-refractivity contribution in [2.75, 3.05) is 12.4 Å². The molecule has 1 N–H and O–H groups in total. The van der Waals surface area contributed by atoms with Gasteiger partial charge < -0.3 is 10.1 Å². The van der Waals surface area contributed by atoms with E-state index < -0.39 is 0 Å². The number of aromatic nitrogens is 2. The lowest BCUT2D eigenvalue weighted by atomic mass is 10.1. The standard InChI is InChI=1S/C27H22N4O4/c1-35-24-12-9-19(17-31-26(33)21-5-2-3-6-22(21)27(31)34)15-23(24)25(32)29-20-10-7-18(8-11-20)16-30-14-4-13-28-30/h2-15H,16-17H2,1H3,(H,29,32). The highest BCUT2D eigenvalue weighted by atomic mass is 16.5. The molecule has 35 heavy (non-hydrogen) atoms. The number of benzene rings is 3. The van der Waals surface area contributed by atoms with E-state index in [4.69, 9.17) is 4.74 Å². The van der Waals surface area contributed by atoms with Crippen molar-refractivity contribution in [2.24, 2.45) is 0 Å². The second kappa shape index (κ2) is 9.26. The summed E-state index contributed by atoms with van der Waals surface area (Å²) in [5.74, 6) is -0.653. The van der Waals surface area contributed by atoms with Crippen LogP contribution in [0.2, 0.25) is 0 Å². The lowest BCUT2D eigenvalue weighted by Crippen LogP contribution is -2.29. The van der Waals surface area contributed by atoms with E-state index in [9.17, 15) is 14.4 Å². The molecule has 0 saturated heterocycles. The van der Waals surface area contributed by atoms with Gasteiger partial charge >= 0.3 is 0 Å². The first-order chi connectivity index (χ1) is 17.0. The second-order valence-corrected chi connectivity index (χ2v) is 8.13. The maximum Gasteiger partial charge on any atom is 0.261 e. The first-order valence-corrected chi connectivity index (χ1v) is 11.0. The van der Waals surface area contributed by atoms with Gasteiger partial charge in [-0.05, 0) is 53.6 Å². The van der Waals surface area contributed by atoms with Gasteiger partial charge in [-0.2, -0.15) is 5.10 Å². The Labute approximate surface area is 201 Å². The lowest BCUT2D eigenvalue weighted by Gasteiger charge is -2.16. The number of rotatable bonds is 7. The Morgan fingerprint density at radius 2 is 1.57 bits per heavy atom. The van der Waals surface area contributed by atoms with Crippen molar-refractivity contribution >= 4 is 23.4 Å². The summed E-state index contributed by atoms with van der Waals surface area (Å²) in [6, 6.07) is 21.2. The fourth-order valence-electron chi connectivity index (χ4n) is 4.07. The van der Waals surface area contributed by atoms with Crippen molar-refractivity contribution in [3.63, 3.8) is 0 Å². The molecule has 0 spiro atoms. The molecule has 1 aromatic heterocycles. The number of fused-ring (bicyclic) bond motifs is 1. The molecule has 4 aromatic rings. The van der Waals surface area contributed by atoms with Gasteiger partial charge in [0, 0.05) is 18.1 Å². The van der Waals surface area contributed by atoms with Gasteiger partial charge in [-0.1, -0.05) is 30.3 Å². The molecule has 5 rings (SSSR count). The van der Waals surface area contributed by atoms with E-state index in [1.54, 1.807) is 48.7 Å². The van der Waals surface area contributed by atoms with Gasteiger partial charge in [0.25, 0.3) is 17.7 Å². The van der Waals surface area contributed by atoms with Crippen LogP contribution in [0.15, 0.2) is 85.2 Å². The number of hydrogen-bond acceptors (Lipinski definition) is 5. The van der Waals surface area contributed by atoms with Crippen molar-refractivity contribution < 1.29 is 19.1 Å². The molecule has 0 aliphatic carbocycles. The first kappa shape index (κ1) is 22.1. The molecule has 174 valence electrons. The number of anilines is 1. The van der Waals surface area contributed by atoms with Crippen LogP contribution in [0, 0.1) is 0 Å². The zero-order valence-electron chi connectivity index (χ0n) is 19.0. The number of nitrogens with one attached hydrogen (secondary N) is 1. The van der Waals surface area contributed by atoms with Gasteiger partial charge in [-0.15, -0.1) is 0 Å². The van der Waals surface area contributed by atoms with Gasteiger partial charge in [-0.25, -0.2) is 0 Å². The van der Waals surface area contributed by atoms with E-state index in [0.29, 0.717) is 40.2 Å². The van der Waals surface area contributed by atoms with Crippen LogP contribution < -0.4 is 10.1 Å². The van der Waals surface area contributed by atoms with Crippen LogP contribution >= 0.6 is 0 Å². The third kappa shape index (κ3) is 4.41. The molecule has 0 bridgehead atoms. The summed E-state index contributed by atoms with van der Waals surface area (Å²) in [6.07, 6.45) is 3.61. The summed E-state index contributed by atoms with van der Waals surface area (Å²) in [5.41, 5.74) is 3.40. The van der Waals surface area contributed by atoms with Gasteiger partial charge in [0.05, 0.1) is 36.9 Å². The van der Waals surface area contributed by atoms with E-state index in [1.165, 1.54) is 12.0 Å². The SMILES string of the molecule is COc1ccc(CN2C(=O)c3ccccc3C2=O)cc1C(=O)Nc1ccc(Cn2cccn2)cc1. The molecule has 1 aliphatic heterocycles. The summed E-state index contributed by atoms with van der Waals surface area (Å²) in [4.78, 5) is 39.7. The lowest BCUT2D eigenvalue weighted by molar-refractivity contribution is 0.0642. The molecular formula is C27H22N4O4. The Balaban J connectivity index is 1.32. The minimum absolute atomic E-state index is 0.0543. The summed E-state index contributed by atoms with van der Waals surface area (Å²) < 4.78 is 7.20. The molecule has 0 fully saturated rings. The molecule has 8 heteroatoms. The van der Waals surface area contributed by atoms with Crippen molar-refractivity contribution in [3.8, 4) is 5.75 Å². The number of carbonyl (C=O) groups is 3. The van der Waals surface area contributed by atoms with E-state index in [-0.39, 0.29) is 24.3 Å². The predicted molar refractivity (Wildman–Crippen MR) is 129 cm³/mol. The normalized spacial score (nSPS) is 12.5. The van der Waals surface area contributed by atoms with E-state index in [2.05, 4.69) is 10.4 Å². The Bertz CT molecular complexity index is 1380. The Hall–Kier alpha value is -4.72. The maximum atomic E-state index is 13.1. The van der Waals surface area contributed by atoms with E-state index in [1.807, 2.05) is 41.2 Å². The smallest absolute Gasteiger partial charge is 0.261 e. The summed E-state index contributed by atoms with van der Waals surface area (Å²) in [5, 5.41) is 7.08. The van der Waals surface area contributed by atoms with Crippen molar-refractivity contribution in [3.05, 3.63) is 113 Å². The van der Waals surface area contributed by atoms with Crippen molar-refractivity contribution in [1.82, 2.24) is 14.7 Å². The highest BCUT2D eigenvalue weighted by Gasteiger charge is 2.35. The molecule has 1 aliphatic rings. The van der Waals surface area contributed by atoms with Crippen molar-refractivity contribution in [1.29, 1.82) is 0 Å². The van der Waals surface area contributed by atoms with Gasteiger partial charge in [-0.3, -0.25) is 24.0 Å². The van der Waals surface area contributed by atoms with Crippen LogP contribution in [0.1, 0.15) is 42.2 Å². The molecule has 8 nitrogen and oxygen atoms in total. The Morgan fingerprint density at radius 1 is 0.886 bits per heavy atom. The van der Waals surface area contributed by atoms with Crippen LogP contribution in [0.4, 0.5) is 5.69 Å². The predicted octanol–water partition coefficient (Wildman–Crippen LogP) is 3.99. The summed E-state index contributed by atoms with van der Waals surface area (Å²) in [7, 11) is 1.49. The van der Waals surface area contributed by atoms with Gasteiger partial charge in [0.15, 0.2) is 0 Å². The number of ether oxygens (including phenoxy) is 1. The molecular weight excluding hydrogens is 444 g/mol. The van der Waals surface area contributed by atoms with E-state index in [0.717, 1.165) is 5.56 Å². The number of nitrogens with zero attached hydrogens (tertiary/aromatic N) is 3. The van der Waals surface area contributed by atoms with E-state index >= 15 is 0 Å². The van der Waals surface area contributed by atoms with Crippen LogP contribution in [0.5, 0.6) is 5.75 Å². The van der Waals surface area contributed by atoms with Crippen LogP contribution in [-0.2, 0) is 13.1 Å². The van der Waals surface area contributed by atoms with Crippen molar-refractivity contribution in [2.45, 2.75) is 13.1 Å². The Morgan fingerprint density at radius 3 is 2.20 bits per heavy atom. The molecule has 0 atom stereocenters. The minimum atomic E-state index is -0.356. The highest BCUT2D eigenvalue weighted by Crippen LogP contribution is 2.27. The molecule has 3 amide bonds. The fourth-order valence-corrected chi connectivity index (χ4v) is 4.07. The monoisotopic (exact) mass is 466 g/mol. The van der Waals surface area contributed by atoms with Crippen LogP contribution in [0.25, 0.3) is 0 Å². The molecule has 2 heterocycles. The fraction of sp³-hybridized carbons (Fsp3) is 0.111. The topological polar surface area (TPSA) is 93.5 Å². The number of amides is 3.